The molecule has 9 heteroatoms. The third-order valence-corrected chi connectivity index (χ3v) is 4.17. The van der Waals surface area contributed by atoms with Crippen LogP contribution in [0.4, 0.5) is 10.6 Å². The molecule has 3 N–H and O–H groups in total. The van der Waals surface area contributed by atoms with Gasteiger partial charge in [-0.3, -0.25) is 9.30 Å². The number of carbonyl (C=O) groups is 1. The molecule has 0 bridgehead atoms. The highest BCUT2D eigenvalue weighted by Crippen LogP contribution is 2.23. The zero-order chi connectivity index (χ0) is 15.0. The van der Waals surface area contributed by atoms with Gasteiger partial charge in [-0.15, -0.1) is 0 Å². The second-order valence-corrected chi connectivity index (χ2v) is 5.65. The number of amides is 1. The van der Waals surface area contributed by atoms with Gasteiger partial charge in [0.05, 0.1) is 6.54 Å². The lowest BCUT2D eigenvalue weighted by atomic mass is 10.3. The van der Waals surface area contributed by atoms with Crippen LogP contribution in [-0.4, -0.2) is 61.5 Å². The van der Waals surface area contributed by atoms with E-state index < -0.39 is 6.09 Å². The molecule has 1 fully saturated rings. The smallest absolute Gasteiger partial charge is 0.407 e. The molecule has 3 heterocycles. The number of anilines is 1. The Labute approximate surface area is 129 Å². The summed E-state index contributed by atoms with van der Waals surface area (Å²) in [6.07, 6.45) is 2.61. The molecule has 0 aliphatic carbocycles. The minimum atomic E-state index is -0.859. The maximum atomic E-state index is 10.9. The number of nitrogens with zero attached hydrogens (tertiary/aromatic N) is 5. The highest BCUT2D eigenvalue weighted by molar-refractivity contribution is 9.10. The van der Waals surface area contributed by atoms with E-state index in [-0.39, 0.29) is 0 Å². The Morgan fingerprint density at radius 2 is 2.10 bits per heavy atom. The Morgan fingerprint density at radius 3 is 2.76 bits per heavy atom. The van der Waals surface area contributed by atoms with E-state index in [4.69, 9.17) is 10.8 Å². The summed E-state index contributed by atoms with van der Waals surface area (Å²) in [5.74, 6) is 1.29. The van der Waals surface area contributed by atoms with E-state index in [1.807, 2.05) is 10.6 Å². The van der Waals surface area contributed by atoms with Crippen LogP contribution in [0, 0.1) is 0 Å². The number of fused-ring (bicyclic) bond motifs is 1. The molecule has 1 aliphatic heterocycles. The van der Waals surface area contributed by atoms with Crippen LogP contribution in [0.1, 0.15) is 5.82 Å². The van der Waals surface area contributed by atoms with Gasteiger partial charge < -0.3 is 15.7 Å². The van der Waals surface area contributed by atoms with Crippen LogP contribution in [0.5, 0.6) is 0 Å². The van der Waals surface area contributed by atoms with Crippen molar-refractivity contribution in [1.29, 1.82) is 0 Å². The third-order valence-electron chi connectivity index (χ3n) is 3.62. The zero-order valence-corrected chi connectivity index (χ0v) is 12.8. The topological polar surface area (TPSA) is 100.0 Å². The minimum Gasteiger partial charge on any atom is -0.465 e. The van der Waals surface area contributed by atoms with Gasteiger partial charge in [0, 0.05) is 38.6 Å². The highest BCUT2D eigenvalue weighted by atomic mass is 79.9. The third kappa shape index (κ3) is 2.66. The first kappa shape index (κ1) is 14.1. The standard InChI is InChI=1S/C12H15BrN6O2/c13-10-9-11(14)15-1-2-19(9)8(16-10)7-17-3-5-18(6-4-17)12(20)21/h1-2H,3-7H2,(H2,14,15)(H,20,21). The molecule has 2 aromatic rings. The number of piperazine rings is 1. The van der Waals surface area contributed by atoms with Crippen LogP contribution >= 0.6 is 15.9 Å². The van der Waals surface area contributed by atoms with E-state index in [1.54, 1.807) is 6.20 Å². The average Bonchev–Trinajstić information content (AvgIpc) is 2.77. The summed E-state index contributed by atoms with van der Waals surface area (Å²) in [4.78, 5) is 23.1. The molecule has 112 valence electrons. The maximum Gasteiger partial charge on any atom is 0.407 e. The second kappa shape index (κ2) is 5.49. The normalized spacial score (nSPS) is 16.5. The molecule has 0 unspecified atom stereocenters. The van der Waals surface area contributed by atoms with Crippen LogP contribution in [0.3, 0.4) is 0 Å². The van der Waals surface area contributed by atoms with Crippen molar-refractivity contribution in [1.82, 2.24) is 24.2 Å². The van der Waals surface area contributed by atoms with Crippen molar-refractivity contribution >= 4 is 33.4 Å². The fraction of sp³-hybridized carbons (Fsp3) is 0.417. The average molecular weight is 355 g/mol. The van der Waals surface area contributed by atoms with Crippen molar-refractivity contribution in [3.63, 3.8) is 0 Å². The summed E-state index contributed by atoms with van der Waals surface area (Å²) in [5.41, 5.74) is 6.63. The molecule has 21 heavy (non-hydrogen) atoms. The molecule has 0 saturated carbocycles. The molecule has 0 atom stereocenters. The zero-order valence-electron chi connectivity index (χ0n) is 11.2. The maximum absolute atomic E-state index is 10.9. The number of rotatable bonds is 2. The first-order valence-corrected chi connectivity index (χ1v) is 7.32. The van der Waals surface area contributed by atoms with E-state index in [0.717, 1.165) is 11.3 Å². The monoisotopic (exact) mass is 354 g/mol. The number of nitrogens with two attached hydrogens (primary N) is 1. The summed E-state index contributed by atoms with van der Waals surface area (Å²) in [5, 5.41) is 8.95. The molecule has 8 nitrogen and oxygen atoms in total. The molecule has 0 aromatic carbocycles. The first-order valence-electron chi connectivity index (χ1n) is 6.53. The lowest BCUT2D eigenvalue weighted by Gasteiger charge is -2.32. The van der Waals surface area contributed by atoms with Crippen LogP contribution in [0.15, 0.2) is 17.0 Å². The molecule has 1 saturated heterocycles. The molecule has 0 spiro atoms. The predicted molar refractivity (Wildman–Crippen MR) is 80.0 cm³/mol. The second-order valence-electron chi connectivity index (χ2n) is 4.90. The quantitative estimate of drug-likeness (QED) is 0.829. The van der Waals surface area contributed by atoms with E-state index >= 15 is 0 Å². The summed E-state index contributed by atoms with van der Waals surface area (Å²) < 4.78 is 2.59. The van der Waals surface area contributed by atoms with Crippen molar-refractivity contribution in [2.24, 2.45) is 0 Å². The Kier molecular flexibility index (Phi) is 3.68. The molecular formula is C12H15BrN6O2. The van der Waals surface area contributed by atoms with Crippen molar-refractivity contribution in [2.75, 3.05) is 31.9 Å². The van der Waals surface area contributed by atoms with Gasteiger partial charge in [-0.1, -0.05) is 0 Å². The molecule has 0 radical (unpaired) electrons. The summed E-state index contributed by atoms with van der Waals surface area (Å²) >= 11 is 3.41. The number of nitrogen functional groups attached to an aromatic ring is 1. The van der Waals surface area contributed by atoms with Gasteiger partial charge in [-0.2, -0.15) is 0 Å². The summed E-state index contributed by atoms with van der Waals surface area (Å²) in [6, 6.07) is 0. The molecular weight excluding hydrogens is 340 g/mol. The van der Waals surface area contributed by atoms with Crippen LogP contribution < -0.4 is 5.73 Å². The highest BCUT2D eigenvalue weighted by Gasteiger charge is 2.22. The van der Waals surface area contributed by atoms with Crippen LogP contribution in [0.2, 0.25) is 0 Å². The predicted octanol–water partition coefficient (Wildman–Crippen LogP) is 0.870. The Morgan fingerprint density at radius 1 is 1.38 bits per heavy atom. The lowest BCUT2D eigenvalue weighted by molar-refractivity contribution is 0.102. The number of halogens is 1. The van der Waals surface area contributed by atoms with Crippen LogP contribution in [0.25, 0.3) is 5.52 Å². The van der Waals surface area contributed by atoms with E-state index in [0.29, 0.717) is 43.1 Å². The van der Waals surface area contributed by atoms with Crippen molar-refractivity contribution in [3.05, 3.63) is 22.8 Å². The first-order chi connectivity index (χ1) is 10.1. The van der Waals surface area contributed by atoms with Gasteiger partial charge in [0.1, 0.15) is 15.9 Å². The Bertz CT molecular complexity index is 680. The van der Waals surface area contributed by atoms with Crippen molar-refractivity contribution < 1.29 is 9.90 Å². The largest absolute Gasteiger partial charge is 0.465 e. The lowest BCUT2D eigenvalue weighted by Crippen LogP contribution is -2.47. The number of carboxylic acid groups (broad SMARTS) is 1. The summed E-state index contributed by atoms with van der Waals surface area (Å²) in [6.45, 7) is 3.06. The number of hydrogen-bond donors (Lipinski definition) is 2. The van der Waals surface area contributed by atoms with E-state index in [1.165, 1.54) is 4.90 Å². The van der Waals surface area contributed by atoms with Gasteiger partial charge in [-0.05, 0) is 15.9 Å². The van der Waals surface area contributed by atoms with Crippen molar-refractivity contribution in [3.8, 4) is 0 Å². The fourth-order valence-electron chi connectivity index (χ4n) is 2.49. The SMILES string of the molecule is Nc1nccn2c(CN3CCN(C(=O)O)CC3)nc(Br)c12. The van der Waals surface area contributed by atoms with Gasteiger partial charge in [-0.25, -0.2) is 14.8 Å². The van der Waals surface area contributed by atoms with Gasteiger partial charge >= 0.3 is 6.09 Å². The molecule has 1 amide bonds. The van der Waals surface area contributed by atoms with Gasteiger partial charge in [0.25, 0.3) is 0 Å². The molecule has 2 aromatic heterocycles. The summed E-state index contributed by atoms with van der Waals surface area (Å²) in [7, 11) is 0. The van der Waals surface area contributed by atoms with Gasteiger partial charge in [0.15, 0.2) is 5.82 Å². The Balaban J connectivity index is 1.78. The molecule has 1 aliphatic rings. The number of aromatic nitrogens is 3. The molecule has 3 rings (SSSR count). The Hall–Kier alpha value is -1.87. The van der Waals surface area contributed by atoms with Crippen LogP contribution in [-0.2, 0) is 6.54 Å². The van der Waals surface area contributed by atoms with E-state index in [9.17, 15) is 4.79 Å². The number of imidazole rings is 1. The van der Waals surface area contributed by atoms with Crippen molar-refractivity contribution in [2.45, 2.75) is 6.54 Å². The number of hydrogen-bond acceptors (Lipinski definition) is 5. The van der Waals surface area contributed by atoms with E-state index in [2.05, 4.69) is 30.8 Å². The van der Waals surface area contributed by atoms with Gasteiger partial charge in [0.2, 0.25) is 0 Å². The minimum absolute atomic E-state index is 0.429. The fourth-order valence-corrected chi connectivity index (χ4v) is 3.09.